The van der Waals surface area contributed by atoms with E-state index in [9.17, 15) is 9.59 Å². The van der Waals surface area contributed by atoms with Crippen LogP contribution in [0, 0.1) is 11.8 Å². The highest BCUT2D eigenvalue weighted by Crippen LogP contribution is 2.61. The second-order valence-electron chi connectivity index (χ2n) is 6.31. The van der Waals surface area contributed by atoms with Crippen LogP contribution in [0.5, 0.6) is 0 Å². The van der Waals surface area contributed by atoms with E-state index in [0.717, 1.165) is 32.1 Å². The van der Waals surface area contributed by atoms with E-state index in [2.05, 4.69) is 0 Å². The van der Waals surface area contributed by atoms with Gasteiger partial charge in [0.25, 0.3) is 0 Å². The molecule has 4 aliphatic rings. The zero-order chi connectivity index (χ0) is 13.0. The lowest BCUT2D eigenvalue weighted by Gasteiger charge is -2.59. The van der Waals surface area contributed by atoms with Gasteiger partial charge in [0.15, 0.2) is 0 Å². The smallest absolute Gasteiger partial charge is 0.303 e. The average molecular weight is 251 g/mol. The highest BCUT2D eigenvalue weighted by Gasteiger charge is 2.61. The van der Waals surface area contributed by atoms with Gasteiger partial charge in [0.1, 0.15) is 11.2 Å². The Hall–Kier alpha value is -1.06. The van der Waals surface area contributed by atoms with Crippen molar-refractivity contribution >= 4 is 11.9 Å². The summed E-state index contributed by atoms with van der Waals surface area (Å²) in [5.74, 6) is 1.47. The third-order valence-corrected chi connectivity index (χ3v) is 4.41. The number of esters is 2. The molecule has 0 amide bonds. The molecule has 0 aromatic heterocycles. The molecule has 2 unspecified atom stereocenters. The second kappa shape index (κ2) is 3.72. The highest BCUT2D eigenvalue weighted by atomic mass is 16.6. The predicted octanol–water partition coefficient (Wildman–Crippen LogP) is 2.16. The van der Waals surface area contributed by atoms with Gasteiger partial charge in [-0.3, -0.25) is 9.59 Å². The Kier molecular flexibility index (Phi) is 2.48. The molecular formula is C14H19O4. The van der Waals surface area contributed by atoms with Gasteiger partial charge in [-0.2, -0.15) is 0 Å². The minimum Gasteiger partial charge on any atom is -0.459 e. The van der Waals surface area contributed by atoms with E-state index in [1.165, 1.54) is 19.8 Å². The molecule has 4 bridgehead atoms. The molecule has 0 heterocycles. The van der Waals surface area contributed by atoms with Crippen molar-refractivity contribution in [1.82, 2.24) is 0 Å². The van der Waals surface area contributed by atoms with Crippen molar-refractivity contribution in [2.24, 2.45) is 5.92 Å². The van der Waals surface area contributed by atoms with E-state index in [1.54, 1.807) is 0 Å². The maximum atomic E-state index is 11.3. The zero-order valence-corrected chi connectivity index (χ0v) is 11.0. The average Bonchev–Trinajstić information content (AvgIpc) is 2.08. The first-order valence-corrected chi connectivity index (χ1v) is 6.63. The fraction of sp³-hybridized carbons (Fsp3) is 0.786. The number of carbonyl (C=O) groups excluding carboxylic acids is 2. The molecule has 0 N–H and O–H groups in total. The van der Waals surface area contributed by atoms with E-state index < -0.39 is 11.2 Å². The van der Waals surface area contributed by atoms with Gasteiger partial charge in [-0.25, -0.2) is 0 Å². The summed E-state index contributed by atoms with van der Waals surface area (Å²) in [4.78, 5) is 22.6. The maximum absolute atomic E-state index is 11.3. The molecule has 1 radical (unpaired) electrons. The molecule has 4 saturated carbocycles. The van der Waals surface area contributed by atoms with Gasteiger partial charge in [0.2, 0.25) is 0 Å². The van der Waals surface area contributed by atoms with Crippen molar-refractivity contribution in [3.05, 3.63) is 5.92 Å². The first-order valence-electron chi connectivity index (χ1n) is 6.63. The van der Waals surface area contributed by atoms with Crippen molar-refractivity contribution in [2.75, 3.05) is 0 Å². The van der Waals surface area contributed by atoms with Crippen molar-refractivity contribution in [1.29, 1.82) is 0 Å². The third-order valence-electron chi connectivity index (χ3n) is 4.41. The number of rotatable bonds is 2. The van der Waals surface area contributed by atoms with Crippen molar-refractivity contribution < 1.29 is 19.1 Å². The lowest BCUT2D eigenvalue weighted by atomic mass is 9.52. The van der Waals surface area contributed by atoms with Crippen molar-refractivity contribution in [3.63, 3.8) is 0 Å². The molecule has 4 heteroatoms. The molecule has 0 aromatic rings. The van der Waals surface area contributed by atoms with Crippen LogP contribution >= 0.6 is 0 Å². The van der Waals surface area contributed by atoms with Crippen molar-refractivity contribution in [2.45, 2.75) is 63.6 Å². The minimum atomic E-state index is -0.393. The van der Waals surface area contributed by atoms with Crippen LogP contribution in [0.3, 0.4) is 0 Å². The van der Waals surface area contributed by atoms with Gasteiger partial charge in [-0.05, 0) is 43.9 Å². The van der Waals surface area contributed by atoms with Gasteiger partial charge in [0.05, 0.1) is 0 Å². The molecule has 4 aliphatic carbocycles. The fourth-order valence-corrected chi connectivity index (χ4v) is 4.63. The quantitative estimate of drug-likeness (QED) is 0.706. The Morgan fingerprint density at radius 3 is 1.94 bits per heavy atom. The summed E-state index contributed by atoms with van der Waals surface area (Å²) in [6.07, 6.45) is 5.39. The van der Waals surface area contributed by atoms with E-state index >= 15 is 0 Å². The van der Waals surface area contributed by atoms with E-state index in [0.29, 0.717) is 12.3 Å². The van der Waals surface area contributed by atoms with Crippen LogP contribution in [-0.2, 0) is 19.1 Å². The van der Waals surface area contributed by atoms with Crippen LogP contribution in [0.2, 0.25) is 0 Å². The summed E-state index contributed by atoms with van der Waals surface area (Å²) in [5.41, 5.74) is -0.786. The molecule has 18 heavy (non-hydrogen) atoms. The summed E-state index contributed by atoms with van der Waals surface area (Å²) in [5, 5.41) is 0. The Labute approximate surface area is 107 Å². The largest absolute Gasteiger partial charge is 0.459 e. The van der Waals surface area contributed by atoms with Gasteiger partial charge in [0, 0.05) is 20.3 Å². The fourth-order valence-electron chi connectivity index (χ4n) is 4.63. The normalized spacial score (nSPS) is 41.8. The number of hydrogen-bond donors (Lipinski definition) is 0. The topological polar surface area (TPSA) is 52.6 Å². The molecule has 4 rings (SSSR count). The summed E-state index contributed by atoms with van der Waals surface area (Å²) in [6, 6.07) is 0. The summed E-state index contributed by atoms with van der Waals surface area (Å²) in [6.45, 7) is 2.92. The third kappa shape index (κ3) is 1.91. The molecule has 0 aromatic carbocycles. The lowest BCUT2D eigenvalue weighted by Crippen LogP contribution is -2.61. The van der Waals surface area contributed by atoms with Crippen LogP contribution in [0.1, 0.15) is 52.4 Å². The lowest BCUT2D eigenvalue weighted by molar-refractivity contribution is -0.210. The van der Waals surface area contributed by atoms with Crippen LogP contribution in [0.25, 0.3) is 0 Å². The zero-order valence-electron chi connectivity index (χ0n) is 11.0. The number of hydrogen-bond acceptors (Lipinski definition) is 4. The Bertz CT molecular complexity index is 353. The summed E-state index contributed by atoms with van der Waals surface area (Å²) in [7, 11) is 0. The van der Waals surface area contributed by atoms with Crippen LogP contribution in [-0.4, -0.2) is 23.1 Å². The van der Waals surface area contributed by atoms with Gasteiger partial charge >= 0.3 is 11.9 Å². The number of ether oxygens (including phenoxy) is 2. The molecule has 4 fully saturated rings. The first-order chi connectivity index (χ1) is 8.40. The van der Waals surface area contributed by atoms with E-state index in [-0.39, 0.29) is 11.9 Å². The number of carbonyl (C=O) groups is 2. The monoisotopic (exact) mass is 251 g/mol. The Morgan fingerprint density at radius 2 is 1.56 bits per heavy atom. The molecule has 0 spiro atoms. The van der Waals surface area contributed by atoms with E-state index in [1.807, 2.05) is 0 Å². The van der Waals surface area contributed by atoms with Crippen LogP contribution in [0.4, 0.5) is 0 Å². The minimum absolute atomic E-state index is 0.226. The van der Waals surface area contributed by atoms with Crippen LogP contribution in [0.15, 0.2) is 0 Å². The molecule has 4 nitrogen and oxygen atoms in total. The van der Waals surface area contributed by atoms with Gasteiger partial charge in [-0.1, -0.05) is 0 Å². The molecule has 0 aliphatic heterocycles. The molecule has 0 saturated heterocycles. The van der Waals surface area contributed by atoms with Crippen LogP contribution < -0.4 is 0 Å². The standard InChI is InChI=1S/C14H19O4/c1-9(15)17-13-4-11-3-12(5-13)7-14(6-11,8-13)18-10(2)16/h11H,3-8H2,1-2H3. The van der Waals surface area contributed by atoms with E-state index in [4.69, 9.17) is 9.47 Å². The summed E-state index contributed by atoms with van der Waals surface area (Å²) >= 11 is 0. The Morgan fingerprint density at radius 1 is 1.06 bits per heavy atom. The molecule has 2 atom stereocenters. The molecular weight excluding hydrogens is 232 g/mol. The molecule has 99 valence electrons. The van der Waals surface area contributed by atoms with Gasteiger partial charge < -0.3 is 9.47 Å². The van der Waals surface area contributed by atoms with Crippen molar-refractivity contribution in [3.8, 4) is 0 Å². The predicted molar refractivity (Wildman–Crippen MR) is 63.4 cm³/mol. The van der Waals surface area contributed by atoms with Gasteiger partial charge in [-0.15, -0.1) is 0 Å². The maximum Gasteiger partial charge on any atom is 0.303 e. The summed E-state index contributed by atoms with van der Waals surface area (Å²) < 4.78 is 11.2. The SMILES string of the molecule is CC(=O)OC12C[C]3CC(C1)CC(OC(C)=O)(C3)C2. The first kappa shape index (κ1) is 12.0. The Balaban J connectivity index is 1.87. The highest BCUT2D eigenvalue weighted by molar-refractivity contribution is 5.67. The second-order valence-corrected chi connectivity index (χ2v) is 6.31.